The molecule has 1 heterocycles. The third-order valence-corrected chi connectivity index (χ3v) is 4.09. The Bertz CT molecular complexity index is 479. The predicted molar refractivity (Wildman–Crippen MR) is 81.6 cm³/mol. The van der Waals surface area contributed by atoms with Crippen molar-refractivity contribution >= 4 is 23.3 Å². The fraction of sp³-hybridized carbons (Fsp3) is 0.533. The number of methoxy groups -OCH3 is 1. The Labute approximate surface area is 125 Å². The van der Waals surface area contributed by atoms with Gasteiger partial charge in [0.2, 0.25) is 0 Å². The molecular formula is C15H21ClN2O2. The van der Waals surface area contributed by atoms with E-state index >= 15 is 0 Å². The summed E-state index contributed by atoms with van der Waals surface area (Å²) in [5, 5.41) is 3.39. The molecule has 1 unspecified atom stereocenters. The van der Waals surface area contributed by atoms with Crippen molar-refractivity contribution < 1.29 is 9.53 Å². The average Bonchev–Trinajstić information content (AvgIpc) is 2.47. The molecule has 2 amide bonds. The molecule has 0 radical (unpaired) electrons. The molecule has 1 aromatic rings. The van der Waals surface area contributed by atoms with Gasteiger partial charge in [-0.25, -0.2) is 4.79 Å². The van der Waals surface area contributed by atoms with Gasteiger partial charge < -0.3 is 15.0 Å². The molecule has 0 aromatic heterocycles. The summed E-state index contributed by atoms with van der Waals surface area (Å²) in [5.41, 5.74) is 0.614. The molecule has 1 saturated heterocycles. The number of carbonyl (C=O) groups excluding carboxylic acids is 1. The van der Waals surface area contributed by atoms with Crippen molar-refractivity contribution in [1.82, 2.24) is 4.90 Å². The smallest absolute Gasteiger partial charge is 0.321 e. The molecular weight excluding hydrogens is 276 g/mol. The maximum atomic E-state index is 12.3. The number of nitrogens with zero attached hydrogens (tertiary/aromatic N) is 1. The summed E-state index contributed by atoms with van der Waals surface area (Å²) < 4.78 is 5.24. The summed E-state index contributed by atoms with van der Waals surface area (Å²) in [7, 11) is 1.55. The largest absolute Gasteiger partial charge is 0.493 e. The van der Waals surface area contributed by atoms with Crippen LogP contribution in [0.1, 0.15) is 26.2 Å². The zero-order valence-corrected chi connectivity index (χ0v) is 12.7. The Balaban J connectivity index is 2.06. The molecule has 0 saturated carbocycles. The summed E-state index contributed by atoms with van der Waals surface area (Å²) in [5.74, 6) is 1.11. The summed E-state index contributed by atoms with van der Waals surface area (Å²) in [4.78, 5) is 14.2. The number of benzene rings is 1. The summed E-state index contributed by atoms with van der Waals surface area (Å²) in [6, 6.07) is 5.25. The number of anilines is 1. The summed E-state index contributed by atoms with van der Waals surface area (Å²) in [6.45, 7) is 3.81. The Morgan fingerprint density at radius 3 is 3.05 bits per heavy atom. The molecule has 1 fully saturated rings. The van der Waals surface area contributed by atoms with Gasteiger partial charge in [-0.15, -0.1) is 0 Å². The van der Waals surface area contributed by atoms with E-state index in [4.69, 9.17) is 16.3 Å². The predicted octanol–water partition coefficient (Wildman–Crippen LogP) is 4.00. The lowest BCUT2D eigenvalue weighted by Gasteiger charge is -2.32. The Morgan fingerprint density at radius 1 is 1.55 bits per heavy atom. The zero-order valence-electron chi connectivity index (χ0n) is 12.0. The van der Waals surface area contributed by atoms with Crippen LogP contribution in [0.25, 0.3) is 0 Å². The van der Waals surface area contributed by atoms with Crippen molar-refractivity contribution in [2.45, 2.75) is 26.2 Å². The van der Waals surface area contributed by atoms with Gasteiger partial charge in [0.15, 0.2) is 5.75 Å². The highest BCUT2D eigenvalue weighted by atomic mass is 35.5. The minimum Gasteiger partial charge on any atom is -0.493 e. The minimum absolute atomic E-state index is 0.0799. The lowest BCUT2D eigenvalue weighted by atomic mass is 9.96. The number of rotatable bonds is 3. The number of para-hydroxylation sites is 1. The van der Waals surface area contributed by atoms with Crippen LogP contribution in [0.2, 0.25) is 5.02 Å². The third kappa shape index (κ3) is 3.37. The number of likely N-dealkylation sites (tertiary alicyclic amines) is 1. The summed E-state index contributed by atoms with van der Waals surface area (Å²) >= 11 is 6.05. The normalized spacial score (nSPS) is 18.8. The minimum atomic E-state index is -0.0799. The monoisotopic (exact) mass is 296 g/mol. The van der Waals surface area contributed by atoms with Crippen molar-refractivity contribution in [3.63, 3.8) is 0 Å². The Hall–Kier alpha value is -1.42. The number of hydrogen-bond acceptors (Lipinski definition) is 2. The molecule has 1 atom stereocenters. The van der Waals surface area contributed by atoms with Gasteiger partial charge in [-0.3, -0.25) is 0 Å². The van der Waals surface area contributed by atoms with E-state index in [1.54, 1.807) is 25.3 Å². The molecule has 4 nitrogen and oxygen atoms in total. The number of amides is 2. The number of nitrogens with one attached hydrogen (secondary N) is 1. The van der Waals surface area contributed by atoms with Crippen LogP contribution in [0.5, 0.6) is 5.75 Å². The van der Waals surface area contributed by atoms with Crippen LogP contribution in [0.3, 0.4) is 0 Å². The molecule has 0 spiro atoms. The lowest BCUT2D eigenvalue weighted by Crippen LogP contribution is -2.42. The number of urea groups is 1. The van der Waals surface area contributed by atoms with E-state index in [1.165, 1.54) is 6.42 Å². The molecule has 2 rings (SSSR count). The summed E-state index contributed by atoms with van der Waals surface area (Å²) in [6.07, 6.45) is 3.39. The molecule has 1 N–H and O–H groups in total. The third-order valence-electron chi connectivity index (χ3n) is 3.80. The van der Waals surface area contributed by atoms with Crippen molar-refractivity contribution in [2.75, 3.05) is 25.5 Å². The molecule has 1 aliphatic heterocycles. The molecule has 110 valence electrons. The van der Waals surface area contributed by atoms with Crippen LogP contribution in [0, 0.1) is 5.92 Å². The van der Waals surface area contributed by atoms with E-state index in [0.29, 0.717) is 22.4 Å². The maximum Gasteiger partial charge on any atom is 0.321 e. The first-order valence-electron chi connectivity index (χ1n) is 7.04. The number of halogens is 1. The molecule has 20 heavy (non-hydrogen) atoms. The fourth-order valence-electron chi connectivity index (χ4n) is 2.59. The van der Waals surface area contributed by atoms with Crippen LogP contribution in [0.4, 0.5) is 10.5 Å². The van der Waals surface area contributed by atoms with Gasteiger partial charge in [0, 0.05) is 13.1 Å². The van der Waals surface area contributed by atoms with Gasteiger partial charge in [-0.05, 0) is 30.9 Å². The van der Waals surface area contributed by atoms with Gasteiger partial charge in [0.1, 0.15) is 0 Å². The van der Waals surface area contributed by atoms with Crippen molar-refractivity contribution in [3.05, 3.63) is 23.2 Å². The van der Waals surface area contributed by atoms with Crippen LogP contribution in [-0.2, 0) is 0 Å². The highest BCUT2D eigenvalue weighted by molar-refractivity contribution is 6.32. The Kier molecular flexibility index (Phi) is 5.12. The second-order valence-corrected chi connectivity index (χ2v) is 5.52. The number of carbonyl (C=O) groups is 1. The average molecular weight is 297 g/mol. The fourth-order valence-corrected chi connectivity index (χ4v) is 2.84. The quantitative estimate of drug-likeness (QED) is 0.916. The first-order chi connectivity index (χ1) is 9.65. The molecule has 0 aliphatic carbocycles. The first-order valence-corrected chi connectivity index (χ1v) is 7.42. The van der Waals surface area contributed by atoms with Crippen LogP contribution in [-0.4, -0.2) is 31.1 Å². The van der Waals surface area contributed by atoms with Gasteiger partial charge in [0.05, 0.1) is 17.8 Å². The topological polar surface area (TPSA) is 41.6 Å². The molecule has 0 bridgehead atoms. The first kappa shape index (κ1) is 15.0. The van der Waals surface area contributed by atoms with Crippen LogP contribution in [0.15, 0.2) is 18.2 Å². The van der Waals surface area contributed by atoms with Gasteiger partial charge in [0.25, 0.3) is 0 Å². The van der Waals surface area contributed by atoms with E-state index in [-0.39, 0.29) is 6.03 Å². The number of hydrogen-bond donors (Lipinski definition) is 1. The highest BCUT2D eigenvalue weighted by Gasteiger charge is 2.23. The van der Waals surface area contributed by atoms with Crippen molar-refractivity contribution in [3.8, 4) is 5.75 Å². The number of ether oxygens (including phenoxy) is 1. The van der Waals surface area contributed by atoms with Crippen molar-refractivity contribution in [1.29, 1.82) is 0 Å². The van der Waals surface area contributed by atoms with Crippen LogP contribution < -0.4 is 10.1 Å². The van der Waals surface area contributed by atoms with E-state index in [0.717, 1.165) is 25.9 Å². The standard InChI is InChI=1S/C15H21ClN2O2/c1-3-11-6-5-9-18(10-11)15(19)17-13-8-4-7-12(16)14(13)20-2/h4,7-8,11H,3,5-6,9-10H2,1-2H3,(H,17,19). The maximum absolute atomic E-state index is 12.3. The second-order valence-electron chi connectivity index (χ2n) is 5.11. The highest BCUT2D eigenvalue weighted by Crippen LogP contribution is 2.32. The van der Waals surface area contributed by atoms with Gasteiger partial charge in [-0.2, -0.15) is 0 Å². The number of piperidine rings is 1. The van der Waals surface area contributed by atoms with E-state index in [2.05, 4.69) is 12.2 Å². The SMILES string of the molecule is CCC1CCCN(C(=O)Nc2cccc(Cl)c2OC)C1. The lowest BCUT2D eigenvalue weighted by molar-refractivity contribution is 0.176. The molecule has 1 aromatic carbocycles. The van der Waals surface area contributed by atoms with Gasteiger partial charge >= 0.3 is 6.03 Å². The van der Waals surface area contributed by atoms with E-state index in [9.17, 15) is 4.79 Å². The zero-order chi connectivity index (χ0) is 14.5. The Morgan fingerprint density at radius 2 is 2.35 bits per heavy atom. The van der Waals surface area contributed by atoms with E-state index in [1.807, 2.05) is 4.90 Å². The van der Waals surface area contributed by atoms with Gasteiger partial charge in [-0.1, -0.05) is 31.0 Å². The van der Waals surface area contributed by atoms with E-state index < -0.39 is 0 Å². The van der Waals surface area contributed by atoms with Crippen LogP contribution >= 0.6 is 11.6 Å². The van der Waals surface area contributed by atoms with Crippen molar-refractivity contribution in [2.24, 2.45) is 5.92 Å². The molecule has 1 aliphatic rings. The second kappa shape index (κ2) is 6.84. The molecule has 5 heteroatoms.